The summed E-state index contributed by atoms with van der Waals surface area (Å²) in [5.74, 6) is 4.62. The molecule has 0 bridgehead atoms. The fourth-order valence-electron chi connectivity index (χ4n) is 1.26. The molecule has 0 aromatic heterocycles. The van der Waals surface area contributed by atoms with E-state index in [1.165, 1.54) is 32.8 Å². The second-order valence-corrected chi connectivity index (χ2v) is 6.77. The van der Waals surface area contributed by atoms with Gasteiger partial charge in [-0.2, -0.15) is 21.6 Å². The molecule has 1 heterocycles. The van der Waals surface area contributed by atoms with Gasteiger partial charge in [0, 0.05) is 32.5 Å². The van der Waals surface area contributed by atoms with Gasteiger partial charge in [0.1, 0.15) is 11.5 Å². The van der Waals surface area contributed by atoms with Gasteiger partial charge >= 0.3 is 15.6 Å². The predicted octanol–water partition coefficient (Wildman–Crippen LogP) is 9.72. The average molecular weight is 577 g/mol. The van der Waals surface area contributed by atoms with E-state index in [4.69, 9.17) is 4.74 Å². The van der Waals surface area contributed by atoms with E-state index in [1.807, 2.05) is 69.2 Å². The molecule has 0 aliphatic carbocycles. The van der Waals surface area contributed by atoms with Gasteiger partial charge in [0.2, 0.25) is 0 Å². The Morgan fingerprint density at radius 2 is 1.13 bits per heavy atom. The Bertz CT molecular complexity index is 598. The molecule has 0 spiro atoms. The maximum absolute atomic E-state index is 11.7. The second kappa shape index (κ2) is 51.6. The van der Waals surface area contributed by atoms with Gasteiger partial charge in [-0.05, 0) is 39.7 Å². The van der Waals surface area contributed by atoms with E-state index in [0.29, 0.717) is 18.6 Å². The Morgan fingerprint density at radius 1 is 0.842 bits per heavy atom. The topological polar surface area (TPSA) is 69.7 Å². The molecule has 1 aliphatic heterocycles. The molecular formula is C29H59F3O5S. The largest absolute Gasteiger partial charge is 0.534 e. The number of hydrogen-bond donors (Lipinski definition) is 0. The summed E-state index contributed by atoms with van der Waals surface area (Å²) in [6, 6.07) is 0. The summed E-state index contributed by atoms with van der Waals surface area (Å²) in [5, 5.41) is 0. The van der Waals surface area contributed by atoms with Crippen LogP contribution in [0, 0.1) is 24.7 Å². The van der Waals surface area contributed by atoms with E-state index in [2.05, 4.69) is 28.9 Å². The third-order valence-corrected chi connectivity index (χ3v) is 3.79. The minimum Gasteiger partial charge on any atom is -0.381 e. The number of Topliss-reactive ketones (excluding diaryl/α,β-unsaturated/α-hetero) is 1. The standard InChI is InChI=1S/C6H9F3O3S.C5H10O.C4H8O.2C3H4.4C2H6/c1-3-5(4-2)12-13(10,11)6(7,8)9;1-3-5(6)4-2;1-2-4-5-3-1;2*1-3-2;4*1-2/h3H,4H2,1-2H3;3-4H2,1-2H3;1-4H2;2*1H,2H3;4*1-2H3/b5-3+;;;;;;;;. The van der Waals surface area contributed by atoms with Crippen molar-refractivity contribution >= 4 is 15.9 Å². The Kier molecular flexibility index (Phi) is 76.5. The van der Waals surface area contributed by atoms with Gasteiger partial charge in [-0.15, -0.1) is 24.7 Å². The highest BCUT2D eigenvalue weighted by Gasteiger charge is 2.48. The highest BCUT2D eigenvalue weighted by Crippen LogP contribution is 2.27. The number of carbonyl (C=O) groups excluding carboxylic acids is 1. The number of halogens is 3. The highest BCUT2D eigenvalue weighted by atomic mass is 32.2. The van der Waals surface area contributed by atoms with E-state index in [9.17, 15) is 26.4 Å². The molecule has 0 aromatic carbocycles. The third-order valence-electron chi connectivity index (χ3n) is 2.79. The maximum Gasteiger partial charge on any atom is 0.534 e. The first-order valence-electron chi connectivity index (χ1n) is 13.4. The van der Waals surface area contributed by atoms with Crippen molar-refractivity contribution in [2.75, 3.05) is 13.2 Å². The van der Waals surface area contributed by atoms with Crippen molar-refractivity contribution in [2.24, 2.45) is 0 Å². The Hall–Kier alpha value is -1.97. The Morgan fingerprint density at radius 3 is 1.24 bits per heavy atom. The summed E-state index contributed by atoms with van der Waals surface area (Å²) in [5.41, 5.74) is -5.36. The summed E-state index contributed by atoms with van der Waals surface area (Å²) in [4.78, 5) is 10.2. The first-order chi connectivity index (χ1) is 17.9. The molecule has 0 unspecified atom stereocenters. The molecule has 1 rings (SSSR count). The van der Waals surface area contributed by atoms with E-state index in [0.717, 1.165) is 13.2 Å². The molecule has 0 amide bonds. The fourth-order valence-corrected chi connectivity index (χ4v) is 1.85. The van der Waals surface area contributed by atoms with Crippen LogP contribution in [0.3, 0.4) is 0 Å². The van der Waals surface area contributed by atoms with Crippen molar-refractivity contribution in [3.05, 3.63) is 11.8 Å². The van der Waals surface area contributed by atoms with Crippen LogP contribution in [0.4, 0.5) is 13.2 Å². The van der Waals surface area contributed by atoms with Gasteiger partial charge in [-0.1, -0.05) is 76.2 Å². The monoisotopic (exact) mass is 576 g/mol. The number of terminal acetylenes is 2. The van der Waals surface area contributed by atoms with Gasteiger partial charge < -0.3 is 8.92 Å². The van der Waals surface area contributed by atoms with Crippen LogP contribution in [0.1, 0.15) is 129 Å². The molecule has 1 aliphatic rings. The molecular weight excluding hydrogens is 517 g/mol. The molecule has 38 heavy (non-hydrogen) atoms. The number of ether oxygens (including phenoxy) is 1. The zero-order chi connectivity index (χ0) is 32.6. The number of rotatable bonds is 5. The van der Waals surface area contributed by atoms with Gasteiger partial charge in [0.05, 0.1) is 0 Å². The predicted molar refractivity (Wildman–Crippen MR) is 160 cm³/mol. The van der Waals surface area contributed by atoms with Crippen LogP contribution in [0.25, 0.3) is 0 Å². The summed E-state index contributed by atoms with van der Waals surface area (Å²) in [6.45, 7) is 27.9. The van der Waals surface area contributed by atoms with Crippen LogP contribution in [0.5, 0.6) is 0 Å². The molecule has 0 N–H and O–H groups in total. The first kappa shape index (κ1) is 56.3. The van der Waals surface area contributed by atoms with Crippen LogP contribution < -0.4 is 0 Å². The smallest absolute Gasteiger partial charge is 0.381 e. The van der Waals surface area contributed by atoms with E-state index in [1.54, 1.807) is 13.8 Å². The van der Waals surface area contributed by atoms with Crippen molar-refractivity contribution in [2.45, 2.75) is 135 Å². The lowest BCUT2D eigenvalue weighted by molar-refractivity contribution is -0.118. The molecule has 232 valence electrons. The highest BCUT2D eigenvalue weighted by molar-refractivity contribution is 7.87. The van der Waals surface area contributed by atoms with Crippen molar-refractivity contribution in [1.82, 2.24) is 0 Å². The number of hydrogen-bond acceptors (Lipinski definition) is 5. The average Bonchev–Trinajstić information content (AvgIpc) is 3.52. The van der Waals surface area contributed by atoms with Crippen LogP contribution in [-0.2, 0) is 23.8 Å². The third kappa shape index (κ3) is 59.3. The van der Waals surface area contributed by atoms with Gasteiger partial charge in [-0.25, -0.2) is 0 Å². The molecule has 0 atom stereocenters. The lowest BCUT2D eigenvalue weighted by Gasteiger charge is -2.10. The van der Waals surface area contributed by atoms with Gasteiger partial charge in [0.25, 0.3) is 0 Å². The zero-order valence-electron chi connectivity index (χ0n) is 26.8. The van der Waals surface area contributed by atoms with Gasteiger partial charge in [-0.3, -0.25) is 4.79 Å². The van der Waals surface area contributed by atoms with Gasteiger partial charge in [0.15, 0.2) is 0 Å². The lowest BCUT2D eigenvalue weighted by atomic mass is 10.3. The Labute approximate surface area is 235 Å². The number of ketones is 1. The second-order valence-electron chi connectivity index (χ2n) is 5.23. The lowest BCUT2D eigenvalue weighted by Crippen LogP contribution is -2.25. The fraction of sp³-hybridized carbons (Fsp3) is 0.759. The summed E-state index contributed by atoms with van der Waals surface area (Å²) in [6.07, 6.45) is 14.4. The van der Waals surface area contributed by atoms with Crippen molar-refractivity contribution in [3.63, 3.8) is 0 Å². The Balaban J connectivity index is -0.0000000507. The van der Waals surface area contributed by atoms with Crippen LogP contribution >= 0.6 is 0 Å². The normalized spacial score (nSPS) is 10.4. The molecule has 0 aromatic rings. The van der Waals surface area contributed by atoms with E-state index < -0.39 is 15.6 Å². The van der Waals surface area contributed by atoms with Crippen molar-refractivity contribution < 1.29 is 35.3 Å². The quantitative estimate of drug-likeness (QED) is 0.141. The van der Waals surface area contributed by atoms with E-state index in [-0.39, 0.29) is 12.2 Å². The van der Waals surface area contributed by atoms with Crippen LogP contribution in [-0.4, -0.2) is 32.9 Å². The van der Waals surface area contributed by atoms with Crippen LogP contribution in [0.15, 0.2) is 11.8 Å². The SMILES string of the molecule is C#CC.C#CC.C/C=C(\CC)OS(=O)(=O)C(F)(F)F.C1CCOC1.CC.CC.CC.CC.CCC(=O)CC. The molecule has 5 nitrogen and oxygen atoms in total. The minimum absolute atomic E-state index is 0.0891. The van der Waals surface area contributed by atoms with E-state index >= 15 is 0 Å². The van der Waals surface area contributed by atoms with Crippen molar-refractivity contribution in [3.8, 4) is 24.7 Å². The summed E-state index contributed by atoms with van der Waals surface area (Å²) < 4.78 is 64.7. The number of alkyl halides is 3. The number of allylic oxidation sites excluding steroid dienone is 2. The molecule has 9 heteroatoms. The molecule has 0 saturated carbocycles. The molecule has 1 saturated heterocycles. The first-order valence-corrected chi connectivity index (χ1v) is 14.8. The number of carbonyl (C=O) groups is 1. The minimum atomic E-state index is -5.49. The molecule has 1 fully saturated rings. The molecule has 0 radical (unpaired) electrons. The zero-order valence-corrected chi connectivity index (χ0v) is 27.6. The maximum atomic E-state index is 11.7. The van der Waals surface area contributed by atoms with Crippen molar-refractivity contribution in [1.29, 1.82) is 0 Å². The van der Waals surface area contributed by atoms with Crippen LogP contribution in [0.2, 0.25) is 0 Å². The summed E-state index contributed by atoms with van der Waals surface area (Å²) in [7, 11) is -5.49. The summed E-state index contributed by atoms with van der Waals surface area (Å²) >= 11 is 0.